The average molecular weight is 383 g/mol. The van der Waals surface area contributed by atoms with E-state index in [0.717, 1.165) is 38.0 Å². The normalized spacial score (nSPS) is 16.6. The molecular weight excluding hydrogens is 363 g/mol. The average Bonchev–Trinajstić information content (AvgIpc) is 2.61. The Kier molecular flexibility index (Phi) is 5.45. The maximum atomic E-state index is 12.6. The molecule has 0 aromatic carbocycles. The van der Waals surface area contributed by atoms with E-state index in [-0.39, 0.29) is 11.5 Å². The molecule has 1 aliphatic heterocycles. The quantitative estimate of drug-likeness (QED) is 0.795. The van der Waals surface area contributed by atoms with Gasteiger partial charge in [0.1, 0.15) is 0 Å². The van der Waals surface area contributed by atoms with Crippen LogP contribution < -0.4 is 11.1 Å². The lowest BCUT2D eigenvalue weighted by Gasteiger charge is -2.32. The third-order valence-corrected chi connectivity index (χ3v) is 4.89. The molecule has 1 fully saturated rings. The second-order valence-electron chi connectivity index (χ2n) is 6.78. The summed E-state index contributed by atoms with van der Waals surface area (Å²) in [5, 5.41) is 0. The zero-order valence-corrected chi connectivity index (χ0v) is 14.8. The van der Waals surface area contributed by atoms with Crippen molar-refractivity contribution < 1.29 is 13.2 Å². The Morgan fingerprint density at radius 1 is 1.15 bits per heavy atom. The Labute approximate surface area is 153 Å². The van der Waals surface area contributed by atoms with Gasteiger partial charge in [-0.2, -0.15) is 13.2 Å². The van der Waals surface area contributed by atoms with Gasteiger partial charge in [-0.15, -0.1) is 0 Å². The first-order valence-electron chi connectivity index (χ1n) is 8.60. The predicted molar refractivity (Wildman–Crippen MR) is 91.0 cm³/mol. The Morgan fingerprint density at radius 2 is 1.85 bits per heavy atom. The van der Waals surface area contributed by atoms with Gasteiger partial charge in [0, 0.05) is 32.4 Å². The van der Waals surface area contributed by atoms with Gasteiger partial charge in [-0.05, 0) is 31.8 Å². The van der Waals surface area contributed by atoms with Crippen molar-refractivity contribution in [3.63, 3.8) is 0 Å². The highest BCUT2D eigenvalue weighted by Gasteiger charge is 2.33. The predicted octanol–water partition coefficient (Wildman–Crippen LogP) is 1.27. The van der Waals surface area contributed by atoms with Crippen molar-refractivity contribution in [1.29, 1.82) is 0 Å². The third-order valence-electron chi connectivity index (χ3n) is 4.89. The summed E-state index contributed by atoms with van der Waals surface area (Å²) in [6, 6.07) is 0.540. The number of hydrogen-bond donors (Lipinski definition) is 0. The first-order valence-corrected chi connectivity index (χ1v) is 8.60. The van der Waals surface area contributed by atoms with Gasteiger partial charge in [-0.1, -0.05) is 0 Å². The lowest BCUT2D eigenvalue weighted by atomic mass is 9.96. The highest BCUT2D eigenvalue weighted by molar-refractivity contribution is 5.04. The molecule has 1 saturated heterocycles. The molecule has 27 heavy (non-hydrogen) atoms. The van der Waals surface area contributed by atoms with Crippen LogP contribution in [0.4, 0.5) is 13.2 Å². The molecule has 0 aliphatic carbocycles. The standard InChI is InChI=1S/C17H20F3N5O2/c1-23-13(7-21-8-16(23)27)10-24-4-2-12(3-5-24)9-25-11-22-14(6-15(25)26)17(18,19)20/h6-8,11-12H,2-5,9-10H2,1H3. The van der Waals surface area contributed by atoms with Crippen LogP contribution in [0.3, 0.4) is 0 Å². The number of halogens is 3. The van der Waals surface area contributed by atoms with Gasteiger partial charge in [0.2, 0.25) is 0 Å². The van der Waals surface area contributed by atoms with Crippen molar-refractivity contribution in [2.75, 3.05) is 13.1 Å². The van der Waals surface area contributed by atoms with E-state index in [1.165, 1.54) is 10.8 Å². The second-order valence-corrected chi connectivity index (χ2v) is 6.78. The number of likely N-dealkylation sites (tertiary alicyclic amines) is 1. The van der Waals surface area contributed by atoms with Crippen molar-refractivity contribution in [2.24, 2.45) is 13.0 Å². The van der Waals surface area contributed by atoms with E-state index in [4.69, 9.17) is 0 Å². The summed E-state index contributed by atoms with van der Waals surface area (Å²) < 4.78 is 40.6. The fourth-order valence-electron chi connectivity index (χ4n) is 3.20. The molecule has 146 valence electrons. The van der Waals surface area contributed by atoms with Crippen LogP contribution in [0, 0.1) is 5.92 Å². The maximum Gasteiger partial charge on any atom is 0.433 e. The van der Waals surface area contributed by atoms with Crippen molar-refractivity contribution in [3.8, 4) is 0 Å². The van der Waals surface area contributed by atoms with Gasteiger partial charge >= 0.3 is 6.18 Å². The van der Waals surface area contributed by atoms with Crippen molar-refractivity contribution in [3.05, 3.63) is 56.9 Å². The largest absolute Gasteiger partial charge is 0.433 e. The van der Waals surface area contributed by atoms with Gasteiger partial charge in [0.25, 0.3) is 11.1 Å². The SMILES string of the molecule is Cn1c(CN2CCC(Cn3cnc(C(F)(F)F)cc3=O)CC2)cncc1=O. The van der Waals surface area contributed by atoms with E-state index in [2.05, 4.69) is 14.9 Å². The Hall–Kier alpha value is -2.49. The van der Waals surface area contributed by atoms with E-state index in [0.29, 0.717) is 19.2 Å². The Morgan fingerprint density at radius 3 is 2.48 bits per heavy atom. The summed E-state index contributed by atoms with van der Waals surface area (Å²) >= 11 is 0. The lowest BCUT2D eigenvalue weighted by Crippen LogP contribution is -2.37. The topological polar surface area (TPSA) is 73.0 Å². The third kappa shape index (κ3) is 4.62. The minimum atomic E-state index is -4.62. The molecule has 10 heteroatoms. The van der Waals surface area contributed by atoms with Crippen molar-refractivity contribution in [2.45, 2.75) is 32.1 Å². The van der Waals surface area contributed by atoms with E-state index in [1.54, 1.807) is 17.8 Å². The molecule has 2 aromatic rings. The molecule has 0 N–H and O–H groups in total. The van der Waals surface area contributed by atoms with Gasteiger partial charge in [0.05, 0.1) is 18.2 Å². The molecule has 1 aliphatic rings. The molecule has 3 heterocycles. The zero-order chi connectivity index (χ0) is 19.6. The highest BCUT2D eigenvalue weighted by Crippen LogP contribution is 2.26. The molecule has 0 radical (unpaired) electrons. The van der Waals surface area contributed by atoms with E-state index >= 15 is 0 Å². The molecule has 3 rings (SSSR count). The number of nitrogens with zero attached hydrogens (tertiary/aromatic N) is 5. The molecule has 0 spiro atoms. The first-order chi connectivity index (χ1) is 12.7. The van der Waals surface area contributed by atoms with Crippen LogP contribution in [0.25, 0.3) is 0 Å². The molecule has 7 nitrogen and oxygen atoms in total. The first kappa shape index (κ1) is 19.3. The molecule has 0 amide bonds. The van der Waals surface area contributed by atoms with Crippen molar-refractivity contribution in [1.82, 2.24) is 24.0 Å². The summed E-state index contributed by atoms with van der Waals surface area (Å²) in [6.07, 6.45) is 0.911. The Bertz CT molecular complexity index is 914. The maximum absolute atomic E-state index is 12.6. The Balaban J connectivity index is 1.58. The summed E-state index contributed by atoms with van der Waals surface area (Å²) in [4.78, 5) is 33.0. The zero-order valence-electron chi connectivity index (χ0n) is 14.8. The van der Waals surface area contributed by atoms with Crippen LogP contribution in [0.15, 0.2) is 34.4 Å². The van der Waals surface area contributed by atoms with E-state index in [1.807, 2.05) is 0 Å². The van der Waals surface area contributed by atoms with Gasteiger partial charge < -0.3 is 4.57 Å². The van der Waals surface area contributed by atoms with Crippen LogP contribution in [0.1, 0.15) is 24.2 Å². The van der Waals surface area contributed by atoms with Crippen molar-refractivity contribution >= 4 is 0 Å². The van der Waals surface area contributed by atoms with E-state index < -0.39 is 17.4 Å². The van der Waals surface area contributed by atoms with Crippen LogP contribution >= 0.6 is 0 Å². The second kappa shape index (κ2) is 7.63. The van der Waals surface area contributed by atoms with Crippen LogP contribution in [-0.2, 0) is 26.3 Å². The summed E-state index contributed by atoms with van der Waals surface area (Å²) in [7, 11) is 1.70. The van der Waals surface area contributed by atoms with Crippen LogP contribution in [0.2, 0.25) is 0 Å². The molecule has 0 bridgehead atoms. The molecule has 0 atom stereocenters. The summed E-state index contributed by atoms with van der Waals surface area (Å²) in [6.45, 7) is 2.50. The number of hydrogen-bond acceptors (Lipinski definition) is 5. The number of piperidine rings is 1. The monoisotopic (exact) mass is 383 g/mol. The summed E-state index contributed by atoms with van der Waals surface area (Å²) in [5.41, 5.74) is -1.19. The lowest BCUT2D eigenvalue weighted by molar-refractivity contribution is -0.141. The van der Waals surface area contributed by atoms with Crippen LogP contribution in [-0.4, -0.2) is 37.1 Å². The minimum Gasteiger partial charge on any atom is -0.312 e. The number of aromatic nitrogens is 4. The van der Waals surface area contributed by atoms with Gasteiger partial charge in [-0.3, -0.25) is 24.0 Å². The van der Waals surface area contributed by atoms with Crippen LogP contribution in [0.5, 0.6) is 0 Å². The smallest absolute Gasteiger partial charge is 0.312 e. The minimum absolute atomic E-state index is 0.156. The van der Waals surface area contributed by atoms with E-state index in [9.17, 15) is 22.8 Å². The number of rotatable bonds is 4. The fourth-order valence-corrected chi connectivity index (χ4v) is 3.20. The van der Waals surface area contributed by atoms with Gasteiger partial charge in [-0.25, -0.2) is 4.98 Å². The molecule has 0 saturated carbocycles. The molecule has 2 aromatic heterocycles. The molecule has 0 unspecified atom stereocenters. The fraction of sp³-hybridized carbons (Fsp3) is 0.529. The highest BCUT2D eigenvalue weighted by atomic mass is 19.4. The van der Waals surface area contributed by atoms with Gasteiger partial charge in [0.15, 0.2) is 5.69 Å². The summed E-state index contributed by atoms with van der Waals surface area (Å²) in [5.74, 6) is 0.190. The number of alkyl halides is 3. The molecular formula is C17H20F3N5O2.